The lowest BCUT2D eigenvalue weighted by atomic mass is 10.0. The molecule has 0 spiro atoms. The maximum atomic E-state index is 12.6. The monoisotopic (exact) mass is 299 g/mol. The molecule has 0 aliphatic rings. The smallest absolute Gasteiger partial charge is 0.256 e. The highest BCUT2D eigenvalue weighted by atomic mass is 19.4. The van der Waals surface area contributed by atoms with Gasteiger partial charge in [0, 0.05) is 11.8 Å². The van der Waals surface area contributed by atoms with E-state index in [0.717, 1.165) is 34.5 Å². The molecular weight excluding hydrogens is 287 g/mol. The second-order valence-corrected chi connectivity index (χ2v) is 4.87. The van der Waals surface area contributed by atoms with E-state index in [9.17, 15) is 13.2 Å². The molecule has 0 aliphatic carbocycles. The normalized spacial score (nSPS) is 11.4. The third-order valence-corrected chi connectivity index (χ3v) is 3.39. The van der Waals surface area contributed by atoms with Crippen molar-refractivity contribution in [3.8, 4) is 22.4 Å². The molecular formula is C18H12F3N. The zero-order valence-corrected chi connectivity index (χ0v) is 11.5. The highest BCUT2D eigenvalue weighted by Gasteiger charge is 2.29. The molecule has 0 N–H and O–H groups in total. The zero-order valence-electron chi connectivity index (χ0n) is 11.5. The lowest BCUT2D eigenvalue weighted by Crippen LogP contribution is -2.03. The van der Waals surface area contributed by atoms with Crippen molar-refractivity contribution in [1.29, 1.82) is 0 Å². The summed E-state index contributed by atoms with van der Waals surface area (Å²) in [6.45, 7) is 0. The third kappa shape index (κ3) is 3.01. The number of pyridine rings is 1. The second kappa shape index (κ2) is 5.64. The number of aromatic nitrogens is 1. The van der Waals surface area contributed by atoms with Crippen LogP contribution in [0.15, 0.2) is 72.9 Å². The molecule has 0 atom stereocenters. The topological polar surface area (TPSA) is 12.9 Å². The van der Waals surface area contributed by atoms with Gasteiger partial charge >= 0.3 is 6.18 Å². The van der Waals surface area contributed by atoms with Crippen LogP contribution in [-0.2, 0) is 6.18 Å². The Morgan fingerprint density at radius 3 is 1.68 bits per heavy atom. The highest BCUT2D eigenvalue weighted by molar-refractivity contribution is 5.68. The van der Waals surface area contributed by atoms with Gasteiger partial charge < -0.3 is 0 Å². The van der Waals surface area contributed by atoms with E-state index in [1.54, 1.807) is 6.20 Å². The van der Waals surface area contributed by atoms with Gasteiger partial charge in [-0.3, -0.25) is 4.98 Å². The summed E-state index contributed by atoms with van der Waals surface area (Å²) >= 11 is 0. The van der Waals surface area contributed by atoms with E-state index in [1.165, 1.54) is 12.1 Å². The van der Waals surface area contributed by atoms with Gasteiger partial charge in [0.2, 0.25) is 0 Å². The summed E-state index contributed by atoms with van der Waals surface area (Å²) in [5.41, 5.74) is 2.81. The molecule has 0 bridgehead atoms. The van der Waals surface area contributed by atoms with E-state index in [-0.39, 0.29) is 0 Å². The Morgan fingerprint density at radius 2 is 1.18 bits per heavy atom. The van der Waals surface area contributed by atoms with Crippen LogP contribution < -0.4 is 0 Å². The highest BCUT2D eigenvalue weighted by Crippen LogP contribution is 2.31. The van der Waals surface area contributed by atoms with Gasteiger partial charge in [0.05, 0.1) is 11.3 Å². The zero-order chi connectivity index (χ0) is 15.6. The SMILES string of the molecule is FC(F)(F)c1ccc(-c2ccc(-c3ccccn3)cc2)cc1. The van der Waals surface area contributed by atoms with Gasteiger partial charge in [0.15, 0.2) is 0 Å². The fourth-order valence-electron chi connectivity index (χ4n) is 2.22. The molecule has 22 heavy (non-hydrogen) atoms. The molecule has 110 valence electrons. The van der Waals surface area contributed by atoms with Gasteiger partial charge in [-0.2, -0.15) is 13.2 Å². The average Bonchev–Trinajstić information content (AvgIpc) is 2.55. The van der Waals surface area contributed by atoms with Crippen LogP contribution in [0.3, 0.4) is 0 Å². The molecule has 1 nitrogen and oxygen atoms in total. The molecule has 0 amide bonds. The van der Waals surface area contributed by atoms with E-state index in [4.69, 9.17) is 0 Å². The minimum atomic E-state index is -4.30. The molecule has 1 heterocycles. The maximum absolute atomic E-state index is 12.6. The van der Waals surface area contributed by atoms with Crippen molar-refractivity contribution in [2.75, 3.05) is 0 Å². The molecule has 1 aromatic heterocycles. The van der Waals surface area contributed by atoms with E-state index in [0.29, 0.717) is 0 Å². The minimum absolute atomic E-state index is 0.638. The van der Waals surface area contributed by atoms with Gasteiger partial charge in [0.25, 0.3) is 0 Å². The predicted molar refractivity (Wildman–Crippen MR) is 80.1 cm³/mol. The van der Waals surface area contributed by atoms with Crippen LogP contribution in [0.5, 0.6) is 0 Å². The summed E-state index contributed by atoms with van der Waals surface area (Å²) in [6.07, 6.45) is -2.58. The first-order chi connectivity index (χ1) is 10.5. The van der Waals surface area contributed by atoms with Crippen molar-refractivity contribution in [3.63, 3.8) is 0 Å². The Labute approximate surface area is 126 Å². The number of nitrogens with zero attached hydrogens (tertiary/aromatic N) is 1. The standard InChI is InChI=1S/C18H12F3N/c19-18(20,21)16-10-8-14(9-11-16)13-4-6-15(7-5-13)17-3-1-2-12-22-17/h1-12H. The molecule has 0 saturated heterocycles. The number of alkyl halides is 3. The van der Waals surface area contributed by atoms with Crippen molar-refractivity contribution in [1.82, 2.24) is 4.98 Å². The van der Waals surface area contributed by atoms with Gasteiger partial charge in [0.1, 0.15) is 0 Å². The number of hydrogen-bond acceptors (Lipinski definition) is 1. The fourth-order valence-corrected chi connectivity index (χ4v) is 2.22. The molecule has 4 heteroatoms. The Bertz CT molecular complexity index is 745. The first kappa shape index (κ1) is 14.3. The summed E-state index contributed by atoms with van der Waals surface area (Å²) < 4.78 is 37.7. The quantitative estimate of drug-likeness (QED) is 0.614. The van der Waals surface area contributed by atoms with Gasteiger partial charge in [-0.05, 0) is 35.4 Å². The largest absolute Gasteiger partial charge is 0.416 e. The predicted octanol–water partition coefficient (Wildman–Crippen LogP) is 5.43. The van der Waals surface area contributed by atoms with E-state index in [1.807, 2.05) is 42.5 Å². The van der Waals surface area contributed by atoms with Crippen molar-refractivity contribution < 1.29 is 13.2 Å². The van der Waals surface area contributed by atoms with Gasteiger partial charge in [-0.25, -0.2) is 0 Å². The molecule has 3 rings (SSSR count). The third-order valence-electron chi connectivity index (χ3n) is 3.39. The van der Waals surface area contributed by atoms with Crippen LogP contribution in [-0.4, -0.2) is 4.98 Å². The van der Waals surface area contributed by atoms with Crippen LogP contribution >= 0.6 is 0 Å². The lowest BCUT2D eigenvalue weighted by Gasteiger charge is -2.08. The number of hydrogen-bond donors (Lipinski definition) is 0. The minimum Gasteiger partial charge on any atom is -0.256 e. The van der Waals surface area contributed by atoms with Crippen molar-refractivity contribution in [2.24, 2.45) is 0 Å². The average molecular weight is 299 g/mol. The first-order valence-electron chi connectivity index (χ1n) is 6.73. The van der Waals surface area contributed by atoms with Crippen LogP contribution in [0, 0.1) is 0 Å². The second-order valence-electron chi connectivity index (χ2n) is 4.87. The first-order valence-corrected chi connectivity index (χ1v) is 6.73. The molecule has 3 aromatic rings. The van der Waals surface area contributed by atoms with Crippen LogP contribution in [0.25, 0.3) is 22.4 Å². The van der Waals surface area contributed by atoms with Gasteiger partial charge in [-0.15, -0.1) is 0 Å². The molecule has 0 fully saturated rings. The fraction of sp³-hybridized carbons (Fsp3) is 0.0556. The number of benzene rings is 2. The van der Waals surface area contributed by atoms with Crippen LogP contribution in [0.4, 0.5) is 13.2 Å². The van der Waals surface area contributed by atoms with Crippen LogP contribution in [0.2, 0.25) is 0 Å². The molecule has 0 unspecified atom stereocenters. The van der Waals surface area contributed by atoms with E-state index in [2.05, 4.69) is 4.98 Å². The molecule has 2 aromatic carbocycles. The Balaban J connectivity index is 1.87. The van der Waals surface area contributed by atoms with Crippen molar-refractivity contribution in [3.05, 3.63) is 78.5 Å². The Kier molecular flexibility index (Phi) is 3.67. The van der Waals surface area contributed by atoms with Crippen molar-refractivity contribution >= 4 is 0 Å². The summed E-state index contributed by atoms with van der Waals surface area (Å²) in [7, 11) is 0. The number of rotatable bonds is 2. The van der Waals surface area contributed by atoms with Crippen LogP contribution in [0.1, 0.15) is 5.56 Å². The van der Waals surface area contributed by atoms with Gasteiger partial charge in [-0.1, -0.05) is 42.5 Å². The Morgan fingerprint density at radius 1 is 0.636 bits per heavy atom. The summed E-state index contributed by atoms with van der Waals surface area (Å²) in [6, 6.07) is 18.4. The molecule has 0 saturated carbocycles. The molecule has 0 radical (unpaired) electrons. The number of halogens is 3. The van der Waals surface area contributed by atoms with E-state index >= 15 is 0 Å². The molecule has 0 aliphatic heterocycles. The summed E-state index contributed by atoms with van der Waals surface area (Å²) in [5.74, 6) is 0. The lowest BCUT2D eigenvalue weighted by molar-refractivity contribution is -0.137. The van der Waals surface area contributed by atoms with Crippen molar-refractivity contribution in [2.45, 2.75) is 6.18 Å². The summed E-state index contributed by atoms with van der Waals surface area (Å²) in [5, 5.41) is 0. The van der Waals surface area contributed by atoms with E-state index < -0.39 is 11.7 Å². The Hall–Kier alpha value is -2.62. The maximum Gasteiger partial charge on any atom is 0.416 e. The summed E-state index contributed by atoms with van der Waals surface area (Å²) in [4.78, 5) is 4.27.